The minimum atomic E-state index is -0.332. The van der Waals surface area contributed by atoms with E-state index in [1.807, 2.05) is 6.08 Å². The van der Waals surface area contributed by atoms with Crippen LogP contribution in [-0.4, -0.2) is 11.2 Å². The monoisotopic (exact) mass is 178 g/mol. The summed E-state index contributed by atoms with van der Waals surface area (Å²) in [6.07, 6.45) is 3.64. The van der Waals surface area contributed by atoms with Gasteiger partial charge in [-0.2, -0.15) is 0 Å². The van der Waals surface area contributed by atoms with E-state index in [4.69, 9.17) is 0 Å². The second-order valence-electron chi connectivity index (χ2n) is 3.90. The van der Waals surface area contributed by atoms with E-state index >= 15 is 0 Å². The maximum absolute atomic E-state index is 9.96. The van der Waals surface area contributed by atoms with Crippen molar-refractivity contribution in [2.24, 2.45) is 11.8 Å². The zero-order valence-electron chi connectivity index (χ0n) is 8.67. The molecule has 1 heteroatoms. The predicted molar refractivity (Wildman–Crippen MR) is 54.4 cm³/mol. The molecule has 0 radical (unpaired) electrons. The molecule has 1 N–H and O–H groups in total. The lowest BCUT2D eigenvalue weighted by molar-refractivity contribution is 0.138. The van der Waals surface area contributed by atoms with Crippen LogP contribution in [-0.2, 0) is 0 Å². The van der Waals surface area contributed by atoms with E-state index < -0.39 is 0 Å². The van der Waals surface area contributed by atoms with Crippen molar-refractivity contribution in [3.05, 3.63) is 23.1 Å². The van der Waals surface area contributed by atoms with Gasteiger partial charge in [-0.15, -0.1) is 0 Å². The van der Waals surface area contributed by atoms with Gasteiger partial charge in [-0.25, -0.2) is 0 Å². The zero-order chi connectivity index (χ0) is 9.84. The summed E-state index contributed by atoms with van der Waals surface area (Å²) in [5.41, 5.74) is 7.02. The fourth-order valence-corrected chi connectivity index (χ4v) is 1.52. The van der Waals surface area contributed by atoms with Gasteiger partial charge in [0.05, 0.1) is 6.10 Å². The smallest absolute Gasteiger partial charge is 0.0858 e. The number of hydrogen-bond donors (Lipinski definition) is 1. The van der Waals surface area contributed by atoms with Gasteiger partial charge in [0.15, 0.2) is 0 Å². The molecule has 3 atom stereocenters. The Morgan fingerprint density at radius 3 is 2.92 bits per heavy atom. The van der Waals surface area contributed by atoms with E-state index in [-0.39, 0.29) is 6.10 Å². The predicted octanol–water partition coefficient (Wildman–Crippen LogP) is 2.67. The summed E-state index contributed by atoms with van der Waals surface area (Å²) in [4.78, 5) is 0. The van der Waals surface area contributed by atoms with Crippen molar-refractivity contribution in [2.45, 2.75) is 39.7 Å². The molecule has 1 rings (SSSR count). The Morgan fingerprint density at radius 2 is 2.38 bits per heavy atom. The van der Waals surface area contributed by atoms with Crippen molar-refractivity contribution in [1.82, 2.24) is 0 Å². The van der Waals surface area contributed by atoms with Gasteiger partial charge >= 0.3 is 0 Å². The summed E-state index contributed by atoms with van der Waals surface area (Å²) < 4.78 is 0. The SMILES string of the molecule is CCC(C)C(O)C1=C=C=CCC1C. The lowest BCUT2D eigenvalue weighted by atomic mass is 9.85. The van der Waals surface area contributed by atoms with E-state index in [9.17, 15) is 5.11 Å². The molecule has 0 aromatic heterocycles. The third kappa shape index (κ3) is 2.35. The lowest BCUT2D eigenvalue weighted by Crippen LogP contribution is -2.23. The summed E-state index contributed by atoms with van der Waals surface area (Å²) in [7, 11) is 0. The average Bonchev–Trinajstić information content (AvgIpc) is 2.16. The van der Waals surface area contributed by atoms with Gasteiger partial charge in [0.2, 0.25) is 0 Å². The molecule has 0 aromatic rings. The van der Waals surface area contributed by atoms with Gasteiger partial charge < -0.3 is 5.11 Å². The largest absolute Gasteiger partial charge is 0.388 e. The van der Waals surface area contributed by atoms with Crippen LogP contribution in [0.5, 0.6) is 0 Å². The van der Waals surface area contributed by atoms with Crippen molar-refractivity contribution < 1.29 is 5.11 Å². The molecule has 0 saturated heterocycles. The fraction of sp³-hybridized carbons (Fsp3) is 0.667. The van der Waals surface area contributed by atoms with E-state index in [0.29, 0.717) is 11.8 Å². The highest BCUT2D eigenvalue weighted by Crippen LogP contribution is 2.25. The van der Waals surface area contributed by atoms with Crippen molar-refractivity contribution in [3.63, 3.8) is 0 Å². The van der Waals surface area contributed by atoms with Crippen LogP contribution in [0.3, 0.4) is 0 Å². The topological polar surface area (TPSA) is 20.2 Å². The highest BCUT2D eigenvalue weighted by molar-refractivity contribution is 5.16. The van der Waals surface area contributed by atoms with Gasteiger partial charge in [-0.3, -0.25) is 0 Å². The van der Waals surface area contributed by atoms with Gasteiger partial charge in [0, 0.05) is 5.57 Å². The van der Waals surface area contributed by atoms with Crippen LogP contribution in [0.4, 0.5) is 0 Å². The average molecular weight is 178 g/mol. The Bertz CT molecular complexity index is 265. The molecule has 0 bridgehead atoms. The highest BCUT2D eigenvalue weighted by atomic mass is 16.3. The molecule has 0 heterocycles. The number of hydrogen-bond acceptors (Lipinski definition) is 1. The first kappa shape index (κ1) is 10.3. The molecule has 13 heavy (non-hydrogen) atoms. The Labute approximate surface area is 80.5 Å². The molecular formula is C12H18O. The van der Waals surface area contributed by atoms with Crippen molar-refractivity contribution in [2.75, 3.05) is 0 Å². The van der Waals surface area contributed by atoms with E-state index in [0.717, 1.165) is 18.4 Å². The van der Waals surface area contributed by atoms with E-state index in [1.54, 1.807) is 0 Å². The normalized spacial score (nSPS) is 25.5. The van der Waals surface area contributed by atoms with E-state index in [2.05, 4.69) is 32.2 Å². The minimum absolute atomic E-state index is 0.324. The summed E-state index contributed by atoms with van der Waals surface area (Å²) in [6, 6.07) is 0. The molecule has 72 valence electrons. The quantitative estimate of drug-likeness (QED) is 0.659. The second-order valence-corrected chi connectivity index (χ2v) is 3.90. The lowest BCUT2D eigenvalue weighted by Gasteiger charge is -2.23. The van der Waals surface area contributed by atoms with Gasteiger partial charge in [0.25, 0.3) is 0 Å². The van der Waals surface area contributed by atoms with Crippen molar-refractivity contribution >= 4 is 0 Å². The Balaban J connectivity index is 2.82. The maximum atomic E-state index is 9.96. The molecule has 0 fully saturated rings. The van der Waals surface area contributed by atoms with Gasteiger partial charge in [-0.05, 0) is 24.3 Å². The summed E-state index contributed by atoms with van der Waals surface area (Å²) in [5.74, 6) is 0.745. The van der Waals surface area contributed by atoms with Crippen LogP contribution in [0.2, 0.25) is 0 Å². The van der Waals surface area contributed by atoms with Crippen molar-refractivity contribution in [1.29, 1.82) is 0 Å². The first-order valence-corrected chi connectivity index (χ1v) is 5.04. The molecule has 1 aliphatic carbocycles. The third-order valence-corrected chi connectivity index (χ3v) is 2.82. The Hall–Kier alpha value is -0.740. The highest BCUT2D eigenvalue weighted by Gasteiger charge is 2.22. The van der Waals surface area contributed by atoms with Crippen LogP contribution >= 0.6 is 0 Å². The van der Waals surface area contributed by atoms with Gasteiger partial charge in [-0.1, -0.05) is 38.7 Å². The molecule has 0 aliphatic heterocycles. The first-order chi connectivity index (χ1) is 6.16. The standard InChI is InChI=1S/C12H18O/c1-4-9(2)12(13)11-8-6-5-7-10(11)3/h5,9-10,12-13H,4,7H2,1-3H3. The molecule has 1 aliphatic rings. The Kier molecular flexibility index (Phi) is 3.57. The molecule has 1 nitrogen and oxygen atoms in total. The molecule has 0 amide bonds. The molecule has 3 unspecified atom stereocenters. The molecule has 0 aromatic carbocycles. The van der Waals surface area contributed by atoms with Crippen LogP contribution in [0.25, 0.3) is 0 Å². The number of rotatable bonds is 3. The number of aliphatic hydroxyl groups excluding tert-OH is 1. The van der Waals surface area contributed by atoms with Crippen molar-refractivity contribution in [3.8, 4) is 0 Å². The summed E-state index contributed by atoms with van der Waals surface area (Å²) in [5, 5.41) is 9.96. The van der Waals surface area contributed by atoms with Crippen LogP contribution in [0, 0.1) is 11.8 Å². The third-order valence-electron chi connectivity index (χ3n) is 2.82. The molecular weight excluding hydrogens is 160 g/mol. The number of aliphatic hydroxyl groups is 1. The van der Waals surface area contributed by atoms with Crippen LogP contribution < -0.4 is 0 Å². The maximum Gasteiger partial charge on any atom is 0.0858 e. The molecule has 0 spiro atoms. The minimum Gasteiger partial charge on any atom is -0.388 e. The van der Waals surface area contributed by atoms with E-state index in [1.165, 1.54) is 0 Å². The number of allylic oxidation sites excluding steroid dienone is 1. The Morgan fingerprint density at radius 1 is 1.69 bits per heavy atom. The fourth-order valence-electron chi connectivity index (χ4n) is 1.52. The second kappa shape index (κ2) is 4.48. The van der Waals surface area contributed by atoms with Crippen LogP contribution in [0.15, 0.2) is 23.1 Å². The summed E-state index contributed by atoms with van der Waals surface area (Å²) >= 11 is 0. The zero-order valence-corrected chi connectivity index (χ0v) is 8.67. The molecule has 0 saturated carbocycles. The summed E-state index contributed by atoms with van der Waals surface area (Å²) in [6.45, 7) is 6.30. The van der Waals surface area contributed by atoms with Gasteiger partial charge in [0.1, 0.15) is 0 Å². The first-order valence-electron chi connectivity index (χ1n) is 5.04. The van der Waals surface area contributed by atoms with Crippen LogP contribution in [0.1, 0.15) is 33.6 Å².